The minimum absolute atomic E-state index is 0.231. The fourth-order valence-corrected chi connectivity index (χ4v) is 2.10. The molecule has 1 amide bonds. The number of carbonyl (C=O) groups is 1. The monoisotopic (exact) mass is 284 g/mol. The number of amides is 1. The van der Waals surface area contributed by atoms with Crippen molar-refractivity contribution in [3.05, 3.63) is 48.2 Å². The fourth-order valence-electron chi connectivity index (χ4n) is 2.10. The highest BCUT2D eigenvalue weighted by molar-refractivity contribution is 6.07. The van der Waals surface area contributed by atoms with E-state index >= 15 is 0 Å². The first-order chi connectivity index (χ1) is 10.2. The van der Waals surface area contributed by atoms with Crippen LogP contribution in [-0.4, -0.2) is 24.0 Å². The van der Waals surface area contributed by atoms with Gasteiger partial charge in [0.25, 0.3) is 5.91 Å². The van der Waals surface area contributed by atoms with Crippen LogP contribution in [-0.2, 0) is 0 Å². The number of para-hydroxylation sites is 1. The molecule has 0 fully saturated rings. The van der Waals surface area contributed by atoms with E-state index in [9.17, 15) is 4.79 Å². The van der Waals surface area contributed by atoms with Gasteiger partial charge in [0.1, 0.15) is 5.82 Å². The van der Waals surface area contributed by atoms with Gasteiger partial charge in [0.05, 0.1) is 17.4 Å². The van der Waals surface area contributed by atoms with Crippen LogP contribution in [0, 0.1) is 0 Å². The highest BCUT2D eigenvalue weighted by Crippen LogP contribution is 2.16. The maximum absolute atomic E-state index is 12.1. The number of pyridine rings is 1. The molecule has 0 unspecified atom stereocenters. The first kappa shape index (κ1) is 14.8. The summed E-state index contributed by atoms with van der Waals surface area (Å²) >= 11 is 0. The fraction of sp³-hybridized carbons (Fsp3) is 0.250. The minimum atomic E-state index is -0.231. The number of rotatable bonds is 5. The molecule has 1 aromatic heterocycles. The number of nitrogen functional groups attached to an aromatic ring is 1. The van der Waals surface area contributed by atoms with Crippen molar-refractivity contribution >= 4 is 23.1 Å². The van der Waals surface area contributed by atoms with E-state index in [-0.39, 0.29) is 5.91 Å². The molecule has 0 aliphatic heterocycles. The summed E-state index contributed by atoms with van der Waals surface area (Å²) in [5, 5.41) is 2.80. The Bertz CT molecular complexity index is 606. The van der Waals surface area contributed by atoms with Gasteiger partial charge in [0.2, 0.25) is 0 Å². The lowest BCUT2D eigenvalue weighted by molar-refractivity contribution is 0.102. The van der Waals surface area contributed by atoms with E-state index in [4.69, 9.17) is 5.73 Å². The molecule has 0 bridgehead atoms. The van der Waals surface area contributed by atoms with E-state index in [1.54, 1.807) is 30.5 Å². The first-order valence-corrected chi connectivity index (χ1v) is 7.02. The van der Waals surface area contributed by atoms with Crippen molar-refractivity contribution in [2.75, 3.05) is 29.0 Å². The zero-order valence-electron chi connectivity index (χ0n) is 12.3. The van der Waals surface area contributed by atoms with Crippen LogP contribution in [0.5, 0.6) is 0 Å². The van der Waals surface area contributed by atoms with Crippen LogP contribution in [0.2, 0.25) is 0 Å². The zero-order valence-corrected chi connectivity index (χ0v) is 12.3. The molecule has 5 heteroatoms. The van der Waals surface area contributed by atoms with Gasteiger partial charge < -0.3 is 16.0 Å². The molecule has 3 N–H and O–H groups in total. The van der Waals surface area contributed by atoms with E-state index in [0.717, 1.165) is 18.9 Å². The minimum Gasteiger partial charge on any atom is -0.398 e. The Hall–Kier alpha value is -2.56. The first-order valence-electron chi connectivity index (χ1n) is 7.02. The molecule has 1 aromatic carbocycles. The number of carbonyl (C=O) groups excluding carboxylic acids is 1. The van der Waals surface area contributed by atoms with Crippen LogP contribution < -0.4 is 16.0 Å². The Morgan fingerprint density at radius 2 is 1.90 bits per heavy atom. The van der Waals surface area contributed by atoms with Crippen LogP contribution in [0.4, 0.5) is 17.2 Å². The van der Waals surface area contributed by atoms with E-state index in [1.165, 1.54) is 0 Å². The molecule has 0 atom stereocenters. The van der Waals surface area contributed by atoms with E-state index in [0.29, 0.717) is 16.9 Å². The summed E-state index contributed by atoms with van der Waals surface area (Å²) in [4.78, 5) is 18.6. The van der Waals surface area contributed by atoms with E-state index in [2.05, 4.69) is 29.0 Å². The number of nitrogens with two attached hydrogens (primary N) is 1. The predicted octanol–water partition coefficient (Wildman–Crippen LogP) is 2.76. The zero-order chi connectivity index (χ0) is 15.2. The topological polar surface area (TPSA) is 71.2 Å². The van der Waals surface area contributed by atoms with Crippen molar-refractivity contribution in [2.24, 2.45) is 0 Å². The van der Waals surface area contributed by atoms with Crippen LogP contribution in [0.15, 0.2) is 42.6 Å². The van der Waals surface area contributed by atoms with Gasteiger partial charge in [-0.15, -0.1) is 0 Å². The van der Waals surface area contributed by atoms with Crippen LogP contribution in [0.1, 0.15) is 24.2 Å². The number of hydrogen-bond donors (Lipinski definition) is 2. The van der Waals surface area contributed by atoms with Crippen LogP contribution in [0.3, 0.4) is 0 Å². The second kappa shape index (κ2) is 6.74. The maximum Gasteiger partial charge on any atom is 0.257 e. The number of hydrogen-bond acceptors (Lipinski definition) is 4. The molecule has 110 valence electrons. The van der Waals surface area contributed by atoms with E-state index in [1.807, 2.05) is 12.1 Å². The Morgan fingerprint density at radius 3 is 2.48 bits per heavy atom. The SMILES string of the molecule is CCN(CC)c1ccc(NC(=O)c2ccccc2N)cn1. The summed E-state index contributed by atoms with van der Waals surface area (Å²) in [7, 11) is 0. The lowest BCUT2D eigenvalue weighted by Crippen LogP contribution is -2.23. The summed E-state index contributed by atoms with van der Waals surface area (Å²) in [5.74, 6) is 0.669. The van der Waals surface area contributed by atoms with Gasteiger partial charge in [-0.1, -0.05) is 12.1 Å². The van der Waals surface area contributed by atoms with Crippen molar-refractivity contribution in [1.29, 1.82) is 0 Å². The van der Waals surface area contributed by atoms with E-state index < -0.39 is 0 Å². The molecule has 0 saturated heterocycles. The van der Waals surface area contributed by atoms with Crippen molar-refractivity contribution in [3.63, 3.8) is 0 Å². The highest BCUT2D eigenvalue weighted by Gasteiger charge is 2.10. The molecular weight excluding hydrogens is 264 g/mol. The highest BCUT2D eigenvalue weighted by atomic mass is 16.1. The molecule has 2 aromatic rings. The normalized spacial score (nSPS) is 10.2. The predicted molar refractivity (Wildman–Crippen MR) is 86.6 cm³/mol. The third kappa shape index (κ3) is 3.51. The molecule has 0 radical (unpaired) electrons. The molecule has 0 aliphatic rings. The summed E-state index contributed by atoms with van der Waals surface area (Å²) < 4.78 is 0. The van der Waals surface area contributed by atoms with Gasteiger partial charge in [0, 0.05) is 18.8 Å². The van der Waals surface area contributed by atoms with Crippen LogP contribution >= 0.6 is 0 Å². The second-order valence-corrected chi connectivity index (χ2v) is 4.62. The van der Waals surface area contributed by atoms with Gasteiger partial charge >= 0.3 is 0 Å². The Kier molecular flexibility index (Phi) is 4.77. The second-order valence-electron chi connectivity index (χ2n) is 4.62. The number of anilines is 3. The number of aromatic nitrogens is 1. The van der Waals surface area contributed by atoms with Crippen molar-refractivity contribution in [3.8, 4) is 0 Å². The molecule has 1 heterocycles. The number of benzene rings is 1. The molecular formula is C16H20N4O. The molecule has 2 rings (SSSR count). The van der Waals surface area contributed by atoms with Gasteiger partial charge in [-0.3, -0.25) is 4.79 Å². The number of nitrogens with one attached hydrogen (secondary N) is 1. The Morgan fingerprint density at radius 1 is 1.19 bits per heavy atom. The largest absolute Gasteiger partial charge is 0.398 e. The standard InChI is InChI=1S/C16H20N4O/c1-3-20(4-2)15-10-9-12(11-18-15)19-16(21)13-7-5-6-8-14(13)17/h5-11H,3-4,17H2,1-2H3,(H,19,21). The third-order valence-corrected chi connectivity index (χ3v) is 3.30. The smallest absolute Gasteiger partial charge is 0.257 e. The summed E-state index contributed by atoms with van der Waals surface area (Å²) in [6.07, 6.45) is 1.66. The lowest BCUT2D eigenvalue weighted by atomic mass is 10.1. The third-order valence-electron chi connectivity index (χ3n) is 3.30. The van der Waals surface area contributed by atoms with Gasteiger partial charge in [-0.25, -0.2) is 4.98 Å². The summed E-state index contributed by atoms with van der Waals surface area (Å²) in [6.45, 7) is 5.96. The van der Waals surface area contributed by atoms with Crippen molar-refractivity contribution in [1.82, 2.24) is 4.98 Å². The molecule has 0 saturated carbocycles. The van der Waals surface area contributed by atoms with Crippen LogP contribution in [0.25, 0.3) is 0 Å². The Labute approximate surface area is 124 Å². The molecule has 0 aliphatic carbocycles. The van der Waals surface area contributed by atoms with Crippen molar-refractivity contribution < 1.29 is 4.79 Å². The molecule has 0 spiro atoms. The van der Waals surface area contributed by atoms with Gasteiger partial charge in [-0.05, 0) is 38.1 Å². The molecule has 5 nitrogen and oxygen atoms in total. The van der Waals surface area contributed by atoms with Gasteiger partial charge in [0.15, 0.2) is 0 Å². The number of nitrogens with zero attached hydrogens (tertiary/aromatic N) is 2. The van der Waals surface area contributed by atoms with Crippen molar-refractivity contribution in [2.45, 2.75) is 13.8 Å². The lowest BCUT2D eigenvalue weighted by Gasteiger charge is -2.19. The summed E-state index contributed by atoms with van der Waals surface area (Å²) in [5.41, 5.74) is 7.37. The quantitative estimate of drug-likeness (QED) is 0.828. The van der Waals surface area contributed by atoms with Gasteiger partial charge in [-0.2, -0.15) is 0 Å². The average molecular weight is 284 g/mol. The average Bonchev–Trinajstić information content (AvgIpc) is 2.50. The Balaban J connectivity index is 2.10. The molecule has 21 heavy (non-hydrogen) atoms. The summed E-state index contributed by atoms with van der Waals surface area (Å²) in [6, 6.07) is 10.7. The maximum atomic E-state index is 12.1.